The first-order chi connectivity index (χ1) is 9.05. The van der Waals surface area contributed by atoms with Gasteiger partial charge >= 0.3 is 5.97 Å². The van der Waals surface area contributed by atoms with Crippen LogP contribution in [-0.2, 0) is 11.2 Å². The maximum Gasteiger partial charge on any atom is 0.309 e. The van der Waals surface area contributed by atoms with Crippen molar-refractivity contribution in [2.45, 2.75) is 45.4 Å². The van der Waals surface area contributed by atoms with E-state index in [0.717, 1.165) is 37.7 Å². The minimum absolute atomic E-state index is 0.570. The molecule has 0 aliphatic heterocycles. The van der Waals surface area contributed by atoms with Gasteiger partial charge in [-0.2, -0.15) is 0 Å². The maximum absolute atomic E-state index is 11.7. The zero-order valence-corrected chi connectivity index (χ0v) is 12.1. The first-order valence-corrected chi connectivity index (χ1v) is 7.41. The molecule has 0 aromatic heterocycles. The molecule has 2 nitrogen and oxygen atoms in total. The zero-order chi connectivity index (χ0) is 13.9. The molecule has 0 amide bonds. The van der Waals surface area contributed by atoms with Gasteiger partial charge in [0.1, 0.15) is 0 Å². The third-order valence-electron chi connectivity index (χ3n) is 4.55. The van der Waals surface area contributed by atoms with E-state index >= 15 is 0 Å². The van der Waals surface area contributed by atoms with Gasteiger partial charge in [-0.15, -0.1) is 0 Å². The molecule has 0 saturated heterocycles. The predicted octanol–water partition coefficient (Wildman–Crippen LogP) is 4.55. The van der Waals surface area contributed by atoms with Crippen molar-refractivity contribution in [1.82, 2.24) is 0 Å². The van der Waals surface area contributed by atoms with Crippen molar-refractivity contribution >= 4 is 17.6 Å². The van der Waals surface area contributed by atoms with Gasteiger partial charge in [0.15, 0.2) is 0 Å². The summed E-state index contributed by atoms with van der Waals surface area (Å²) < 4.78 is 0. The Morgan fingerprint density at radius 3 is 2.37 bits per heavy atom. The molecule has 1 N–H and O–H groups in total. The molecule has 1 fully saturated rings. The Morgan fingerprint density at radius 2 is 1.89 bits per heavy atom. The van der Waals surface area contributed by atoms with Gasteiger partial charge in [-0.25, -0.2) is 0 Å². The minimum atomic E-state index is -0.642. The second-order valence-corrected chi connectivity index (χ2v) is 6.18. The second kappa shape index (κ2) is 5.96. The van der Waals surface area contributed by atoms with Crippen LogP contribution in [0.3, 0.4) is 0 Å². The molecule has 2 rings (SSSR count). The number of carboxylic acid groups (broad SMARTS) is 1. The van der Waals surface area contributed by atoms with E-state index in [1.54, 1.807) is 0 Å². The fourth-order valence-electron chi connectivity index (χ4n) is 3.10. The summed E-state index contributed by atoms with van der Waals surface area (Å²) in [5.74, 6) is 0.0645. The van der Waals surface area contributed by atoms with Crippen LogP contribution in [-0.4, -0.2) is 11.1 Å². The number of carboxylic acids is 1. The molecule has 0 bridgehead atoms. The molecule has 1 aliphatic rings. The molecular formula is C16H21ClO2. The van der Waals surface area contributed by atoms with Crippen molar-refractivity contribution in [1.29, 1.82) is 0 Å². The lowest BCUT2D eigenvalue weighted by atomic mass is 9.67. The van der Waals surface area contributed by atoms with Crippen LogP contribution in [0.1, 0.15) is 44.6 Å². The number of hydrogen-bond acceptors (Lipinski definition) is 1. The Hall–Kier alpha value is -1.02. The van der Waals surface area contributed by atoms with Gasteiger partial charge in [-0.05, 0) is 55.7 Å². The third kappa shape index (κ3) is 3.30. The summed E-state index contributed by atoms with van der Waals surface area (Å²) in [7, 11) is 0. The summed E-state index contributed by atoms with van der Waals surface area (Å²) in [6.45, 7) is 2.19. The lowest BCUT2D eigenvalue weighted by Crippen LogP contribution is -2.37. The van der Waals surface area contributed by atoms with E-state index in [4.69, 9.17) is 11.6 Å². The van der Waals surface area contributed by atoms with Crippen molar-refractivity contribution in [3.63, 3.8) is 0 Å². The fraction of sp³-hybridized carbons (Fsp3) is 0.562. The smallest absolute Gasteiger partial charge is 0.309 e. The summed E-state index contributed by atoms with van der Waals surface area (Å²) >= 11 is 5.87. The number of benzene rings is 1. The van der Waals surface area contributed by atoms with Crippen molar-refractivity contribution < 1.29 is 9.90 Å². The number of hydrogen-bond donors (Lipinski definition) is 1. The molecule has 0 radical (unpaired) electrons. The van der Waals surface area contributed by atoms with E-state index in [9.17, 15) is 9.90 Å². The topological polar surface area (TPSA) is 37.3 Å². The number of halogens is 1. The Morgan fingerprint density at radius 1 is 1.32 bits per heavy atom. The number of rotatable bonds is 4. The largest absolute Gasteiger partial charge is 0.481 e. The van der Waals surface area contributed by atoms with E-state index in [0.29, 0.717) is 17.4 Å². The Kier molecular flexibility index (Phi) is 4.51. The summed E-state index contributed by atoms with van der Waals surface area (Å²) in [6, 6.07) is 7.56. The van der Waals surface area contributed by atoms with E-state index in [1.165, 1.54) is 0 Å². The molecular weight excluding hydrogens is 260 g/mol. The average Bonchev–Trinajstić information content (AvgIpc) is 2.42. The number of aliphatic carboxylic acids is 1. The Bertz CT molecular complexity index is 431. The third-order valence-corrected chi connectivity index (χ3v) is 4.80. The van der Waals surface area contributed by atoms with Crippen LogP contribution in [0.4, 0.5) is 0 Å². The molecule has 1 aromatic carbocycles. The monoisotopic (exact) mass is 280 g/mol. The summed E-state index contributed by atoms with van der Waals surface area (Å²) in [4.78, 5) is 11.7. The van der Waals surface area contributed by atoms with E-state index in [2.05, 4.69) is 6.92 Å². The molecule has 19 heavy (non-hydrogen) atoms. The number of carbonyl (C=O) groups is 1. The SMILES string of the molecule is CCC1CCC(Cc2ccc(Cl)cc2)(C(=O)O)CC1. The van der Waals surface area contributed by atoms with Crippen LogP contribution < -0.4 is 0 Å². The highest BCUT2D eigenvalue weighted by Gasteiger charge is 2.41. The Labute approximate surface area is 119 Å². The summed E-state index contributed by atoms with van der Waals surface area (Å²) in [6.07, 6.45) is 5.45. The van der Waals surface area contributed by atoms with Gasteiger partial charge in [-0.3, -0.25) is 4.79 Å². The lowest BCUT2D eigenvalue weighted by molar-refractivity contribution is -0.151. The lowest BCUT2D eigenvalue weighted by Gasteiger charge is -2.36. The van der Waals surface area contributed by atoms with Crippen molar-refractivity contribution in [3.05, 3.63) is 34.9 Å². The second-order valence-electron chi connectivity index (χ2n) is 5.74. The molecule has 1 aromatic rings. The highest BCUT2D eigenvalue weighted by molar-refractivity contribution is 6.30. The standard InChI is InChI=1S/C16H21ClO2/c1-2-12-7-9-16(10-8-12,15(18)19)11-13-3-5-14(17)6-4-13/h3-6,12H,2,7-11H2,1H3,(H,18,19). The van der Waals surface area contributed by atoms with E-state index in [1.807, 2.05) is 24.3 Å². The van der Waals surface area contributed by atoms with E-state index < -0.39 is 11.4 Å². The predicted molar refractivity (Wildman–Crippen MR) is 77.5 cm³/mol. The minimum Gasteiger partial charge on any atom is -0.481 e. The molecule has 0 heterocycles. The quantitative estimate of drug-likeness (QED) is 0.878. The normalized spacial score (nSPS) is 27.2. The van der Waals surface area contributed by atoms with Crippen LogP contribution in [0.5, 0.6) is 0 Å². The van der Waals surface area contributed by atoms with Crippen LogP contribution in [0, 0.1) is 11.3 Å². The first kappa shape index (κ1) is 14.4. The average molecular weight is 281 g/mol. The van der Waals surface area contributed by atoms with Gasteiger partial charge < -0.3 is 5.11 Å². The van der Waals surface area contributed by atoms with Crippen LogP contribution >= 0.6 is 11.6 Å². The molecule has 3 heteroatoms. The zero-order valence-electron chi connectivity index (χ0n) is 11.4. The summed E-state index contributed by atoms with van der Waals surface area (Å²) in [5.41, 5.74) is 0.501. The van der Waals surface area contributed by atoms with Gasteiger partial charge in [0.2, 0.25) is 0 Å². The van der Waals surface area contributed by atoms with Gasteiger partial charge in [0.05, 0.1) is 5.41 Å². The van der Waals surface area contributed by atoms with E-state index in [-0.39, 0.29) is 0 Å². The van der Waals surface area contributed by atoms with Gasteiger partial charge in [0.25, 0.3) is 0 Å². The maximum atomic E-state index is 11.7. The van der Waals surface area contributed by atoms with Crippen LogP contribution in [0.25, 0.3) is 0 Å². The highest BCUT2D eigenvalue weighted by atomic mass is 35.5. The molecule has 104 valence electrons. The van der Waals surface area contributed by atoms with Gasteiger partial charge in [0, 0.05) is 5.02 Å². The molecule has 1 saturated carbocycles. The van der Waals surface area contributed by atoms with Crippen molar-refractivity contribution in [2.75, 3.05) is 0 Å². The molecule has 1 aliphatic carbocycles. The summed E-state index contributed by atoms with van der Waals surface area (Å²) in [5, 5.41) is 10.3. The van der Waals surface area contributed by atoms with Crippen LogP contribution in [0.15, 0.2) is 24.3 Å². The molecule has 0 spiro atoms. The van der Waals surface area contributed by atoms with Crippen molar-refractivity contribution in [3.8, 4) is 0 Å². The molecule has 0 atom stereocenters. The van der Waals surface area contributed by atoms with Gasteiger partial charge in [-0.1, -0.05) is 37.1 Å². The first-order valence-electron chi connectivity index (χ1n) is 7.03. The Balaban J connectivity index is 2.12. The molecule has 0 unspecified atom stereocenters. The highest BCUT2D eigenvalue weighted by Crippen LogP contribution is 2.42. The van der Waals surface area contributed by atoms with Crippen molar-refractivity contribution in [2.24, 2.45) is 11.3 Å². The fourth-order valence-corrected chi connectivity index (χ4v) is 3.22. The van der Waals surface area contributed by atoms with Crippen LogP contribution in [0.2, 0.25) is 5.02 Å².